The van der Waals surface area contributed by atoms with Crippen molar-refractivity contribution in [1.82, 2.24) is 9.55 Å². The van der Waals surface area contributed by atoms with Crippen molar-refractivity contribution in [3.05, 3.63) is 193 Å². The summed E-state index contributed by atoms with van der Waals surface area (Å²) in [5, 5.41) is 6.38. The third-order valence-corrected chi connectivity index (χ3v) is 11.2. The van der Waals surface area contributed by atoms with Gasteiger partial charge in [0, 0.05) is 24.9 Å². The van der Waals surface area contributed by atoms with E-state index in [9.17, 15) is 0 Å². The number of hydrogen-bond acceptors (Lipinski definition) is 1. The molecule has 9 aromatic carbocycles. The zero-order valence-corrected chi connectivity index (χ0v) is 29.2. The molecule has 1 aliphatic rings. The van der Waals surface area contributed by atoms with E-state index in [1.165, 1.54) is 5.39 Å². The van der Waals surface area contributed by atoms with E-state index in [0.717, 1.165) is 77.3 Å². The van der Waals surface area contributed by atoms with Crippen molar-refractivity contribution >= 4 is 43.4 Å². The van der Waals surface area contributed by atoms with Crippen molar-refractivity contribution in [2.75, 3.05) is 0 Å². The van der Waals surface area contributed by atoms with Crippen LogP contribution in [0, 0.1) is 0 Å². The highest BCUT2D eigenvalue weighted by Gasteiger charge is 2.35. The first kappa shape index (κ1) is 25.2. The smallest absolute Gasteiger partial charge is 0.145 e. The summed E-state index contributed by atoms with van der Waals surface area (Å²) in [6.45, 7) is -5.70. The zero-order chi connectivity index (χ0) is 41.0. The van der Waals surface area contributed by atoms with Crippen LogP contribution in [0.25, 0.3) is 93.8 Å². The summed E-state index contributed by atoms with van der Waals surface area (Å²) in [4.78, 5) is 5.16. The fourth-order valence-electron chi connectivity index (χ4n) is 8.77. The Morgan fingerprint density at radius 1 is 0.463 bits per heavy atom. The van der Waals surface area contributed by atoms with Gasteiger partial charge in [-0.3, -0.25) is 4.57 Å². The van der Waals surface area contributed by atoms with Gasteiger partial charge in [0.1, 0.15) is 5.82 Å². The van der Waals surface area contributed by atoms with Crippen LogP contribution in [-0.4, -0.2) is 9.55 Å². The maximum absolute atomic E-state index is 8.81. The number of imidazole rings is 1. The minimum Gasteiger partial charge on any atom is -0.292 e. The van der Waals surface area contributed by atoms with Gasteiger partial charge < -0.3 is 0 Å². The molecule has 10 aromatic rings. The van der Waals surface area contributed by atoms with Crippen molar-refractivity contribution in [2.45, 2.75) is 19.1 Å². The topological polar surface area (TPSA) is 17.8 Å². The Morgan fingerprint density at radius 3 is 1.78 bits per heavy atom. The lowest BCUT2D eigenvalue weighted by Gasteiger charge is -2.23. The molecule has 54 heavy (non-hydrogen) atoms. The Kier molecular flexibility index (Phi) is 5.43. The summed E-state index contributed by atoms with van der Waals surface area (Å²) in [5.74, 6) is 0.854. The monoisotopic (exact) mass is 694 g/mol. The van der Waals surface area contributed by atoms with Crippen LogP contribution in [-0.2, 0) is 5.41 Å². The van der Waals surface area contributed by atoms with Crippen molar-refractivity contribution < 1.29 is 8.22 Å². The lowest BCUT2D eigenvalue weighted by atomic mass is 9.80. The maximum Gasteiger partial charge on any atom is 0.145 e. The molecule has 0 aliphatic heterocycles. The fourth-order valence-corrected chi connectivity index (χ4v) is 8.77. The molecule has 0 radical (unpaired) electrons. The predicted molar refractivity (Wildman–Crippen MR) is 227 cm³/mol. The molecule has 1 aromatic heterocycles. The van der Waals surface area contributed by atoms with Gasteiger partial charge in [0.05, 0.1) is 11.0 Å². The predicted octanol–water partition coefficient (Wildman–Crippen LogP) is 13.8. The quantitative estimate of drug-likeness (QED) is 0.168. The average molecular weight is 695 g/mol. The van der Waals surface area contributed by atoms with Crippen molar-refractivity contribution in [1.29, 1.82) is 0 Å². The van der Waals surface area contributed by atoms with Crippen molar-refractivity contribution in [3.63, 3.8) is 0 Å². The molecule has 0 saturated heterocycles. The van der Waals surface area contributed by atoms with Crippen molar-refractivity contribution in [2.24, 2.45) is 0 Å². The summed E-state index contributed by atoms with van der Waals surface area (Å²) >= 11 is 0. The Hall–Kier alpha value is -6.77. The Balaban J connectivity index is 1.09. The third kappa shape index (κ3) is 4.50. The summed E-state index contributed by atoms with van der Waals surface area (Å²) in [6.07, 6.45) is 0. The van der Waals surface area contributed by atoms with Gasteiger partial charge in [-0.2, -0.15) is 0 Å². The minimum absolute atomic E-state index is 0.309. The zero-order valence-electron chi connectivity index (χ0n) is 35.2. The van der Waals surface area contributed by atoms with Gasteiger partial charge in [0.15, 0.2) is 0 Å². The normalized spacial score (nSPS) is 15.3. The van der Waals surface area contributed by atoms with Crippen LogP contribution in [0.15, 0.2) is 182 Å². The highest BCUT2D eigenvalue weighted by atomic mass is 15.1. The van der Waals surface area contributed by atoms with Crippen LogP contribution in [0.1, 0.15) is 33.1 Å². The fraction of sp³-hybridized carbons (Fsp3) is 0.0577. The highest BCUT2D eigenvalue weighted by Crippen LogP contribution is 2.51. The van der Waals surface area contributed by atoms with E-state index in [4.69, 9.17) is 13.2 Å². The highest BCUT2D eigenvalue weighted by molar-refractivity contribution is 6.21. The number of rotatable bonds is 4. The Bertz CT molecular complexity index is 3290. The van der Waals surface area contributed by atoms with E-state index >= 15 is 0 Å². The molecule has 1 heterocycles. The molecule has 2 nitrogen and oxygen atoms in total. The first-order valence-corrected chi connectivity index (χ1v) is 18.3. The molecule has 0 atom stereocenters. The van der Waals surface area contributed by atoms with E-state index in [1.54, 1.807) is 12.1 Å². The molecule has 0 bridgehead atoms. The molecule has 0 saturated carbocycles. The molecule has 0 fully saturated rings. The summed E-state index contributed by atoms with van der Waals surface area (Å²) in [6, 6.07) is 61.1. The van der Waals surface area contributed by atoms with Crippen molar-refractivity contribution in [3.8, 4) is 50.5 Å². The molecule has 0 spiro atoms. The SMILES string of the molecule is [2H]C([2H])([2H])C1(C([2H])([2H])[2H])c2ccccc2-c2ccc(-c3c4ccccc4c(-c4ccc(-c5nc6ccccc6n5-c5ccc6ccccc6c5)cc4)c4ccccc34)cc21. The molecular weight excluding hydrogens is 653 g/mol. The summed E-state index contributed by atoms with van der Waals surface area (Å²) in [7, 11) is 0. The summed E-state index contributed by atoms with van der Waals surface area (Å²) < 4.78 is 55.1. The molecule has 0 N–H and O–H groups in total. The standard InChI is InChI=1S/C52H36N2/c1-52(2)45-20-10-9-15-39(45)40-30-28-37(32-46(40)52)50-43-18-7-5-16-41(43)49(42-17-6-8-19-44(42)50)34-23-25-35(26-24-34)51-53-47-21-11-12-22-48(47)54(51)38-29-27-33-13-3-4-14-36(33)31-38/h3-32H,1-2H3/i1D3,2D3. The van der Waals surface area contributed by atoms with Gasteiger partial charge in [-0.05, 0) is 107 Å². The molecule has 254 valence electrons. The number of aromatic nitrogens is 2. The van der Waals surface area contributed by atoms with Gasteiger partial charge in [-0.15, -0.1) is 0 Å². The van der Waals surface area contributed by atoms with Gasteiger partial charge >= 0.3 is 0 Å². The maximum atomic E-state index is 8.81. The first-order chi connectivity index (χ1) is 29.0. The second-order valence-corrected chi connectivity index (χ2v) is 14.3. The molecule has 0 unspecified atom stereocenters. The van der Waals surface area contributed by atoms with Crippen LogP contribution in [0.5, 0.6) is 0 Å². The summed E-state index contributed by atoms with van der Waals surface area (Å²) in [5.41, 5.74) is 7.51. The number of nitrogens with zero attached hydrogens (tertiary/aromatic N) is 2. The lowest BCUT2D eigenvalue weighted by Crippen LogP contribution is -2.14. The molecule has 0 amide bonds. The van der Waals surface area contributed by atoms with E-state index < -0.39 is 19.1 Å². The van der Waals surface area contributed by atoms with E-state index in [2.05, 4.69) is 108 Å². The number of para-hydroxylation sites is 2. The third-order valence-electron chi connectivity index (χ3n) is 11.2. The van der Waals surface area contributed by atoms with Crippen LogP contribution in [0.4, 0.5) is 0 Å². The second-order valence-electron chi connectivity index (χ2n) is 14.3. The second kappa shape index (κ2) is 11.6. The Morgan fingerprint density at radius 2 is 1.04 bits per heavy atom. The molecule has 1 aliphatic carbocycles. The molecular formula is C52H36N2. The van der Waals surface area contributed by atoms with Gasteiger partial charge in [-0.25, -0.2) is 4.98 Å². The van der Waals surface area contributed by atoms with Crippen LogP contribution in [0.3, 0.4) is 0 Å². The number of fused-ring (bicyclic) bond motifs is 7. The first-order valence-electron chi connectivity index (χ1n) is 21.3. The van der Waals surface area contributed by atoms with Crippen LogP contribution >= 0.6 is 0 Å². The van der Waals surface area contributed by atoms with Gasteiger partial charge in [0.25, 0.3) is 0 Å². The van der Waals surface area contributed by atoms with Crippen LogP contribution < -0.4 is 0 Å². The van der Waals surface area contributed by atoms with Gasteiger partial charge in [0.2, 0.25) is 0 Å². The molecule has 2 heteroatoms. The lowest BCUT2D eigenvalue weighted by molar-refractivity contribution is 0.660. The van der Waals surface area contributed by atoms with E-state index in [1.807, 2.05) is 66.7 Å². The number of hydrogen-bond donors (Lipinski definition) is 0. The largest absolute Gasteiger partial charge is 0.292 e. The Labute approximate surface area is 323 Å². The van der Waals surface area contributed by atoms with E-state index in [0.29, 0.717) is 22.3 Å². The van der Waals surface area contributed by atoms with E-state index in [-0.39, 0.29) is 0 Å². The number of benzene rings is 9. The van der Waals surface area contributed by atoms with Crippen LogP contribution in [0.2, 0.25) is 0 Å². The van der Waals surface area contributed by atoms with Gasteiger partial charge in [-0.1, -0.05) is 165 Å². The molecule has 11 rings (SSSR count). The minimum atomic E-state index is -2.85. The average Bonchev–Trinajstić information content (AvgIpc) is 3.80.